The monoisotopic (exact) mass is 242 g/mol. The molecule has 0 unspecified atom stereocenters. The molecule has 2 rings (SSSR count). The first-order valence-electron chi connectivity index (χ1n) is 6.04. The Bertz CT molecular complexity index is 538. The average molecular weight is 242 g/mol. The maximum atomic E-state index is 5.94. The average Bonchev–Trinajstić information content (AvgIpc) is 2.36. The lowest BCUT2D eigenvalue weighted by molar-refractivity contribution is 0.471. The van der Waals surface area contributed by atoms with Gasteiger partial charge in [-0.25, -0.2) is 0 Å². The van der Waals surface area contributed by atoms with Crippen molar-refractivity contribution in [2.45, 2.75) is 20.4 Å². The zero-order valence-corrected chi connectivity index (χ0v) is 11.0. The van der Waals surface area contributed by atoms with Gasteiger partial charge in [0.1, 0.15) is 11.5 Å². The molecule has 3 nitrogen and oxygen atoms in total. The van der Waals surface area contributed by atoms with E-state index in [2.05, 4.69) is 28.5 Å². The maximum Gasteiger partial charge on any atom is 0.148 e. The van der Waals surface area contributed by atoms with Gasteiger partial charge in [0.05, 0.1) is 5.69 Å². The van der Waals surface area contributed by atoms with Crippen LogP contribution in [0.5, 0.6) is 11.5 Å². The molecule has 94 valence electrons. The lowest BCUT2D eigenvalue weighted by Crippen LogP contribution is -2.05. The molecule has 3 heteroatoms. The van der Waals surface area contributed by atoms with Crippen LogP contribution in [0.2, 0.25) is 0 Å². The maximum absolute atomic E-state index is 5.94. The number of benzene rings is 1. The second kappa shape index (κ2) is 5.65. The molecule has 0 saturated heterocycles. The smallest absolute Gasteiger partial charge is 0.148 e. The van der Waals surface area contributed by atoms with Gasteiger partial charge in [0.15, 0.2) is 0 Å². The van der Waals surface area contributed by atoms with Crippen LogP contribution >= 0.6 is 0 Å². The van der Waals surface area contributed by atoms with E-state index in [0.717, 1.165) is 29.3 Å². The minimum absolute atomic E-state index is 0.808. The number of ether oxygens (including phenoxy) is 1. The highest BCUT2D eigenvalue weighted by atomic mass is 16.5. The van der Waals surface area contributed by atoms with Crippen LogP contribution in [0, 0.1) is 13.8 Å². The molecule has 1 N–H and O–H groups in total. The number of hydrogen-bond acceptors (Lipinski definition) is 3. The molecule has 0 saturated carbocycles. The number of pyridine rings is 1. The van der Waals surface area contributed by atoms with Crippen molar-refractivity contribution >= 4 is 0 Å². The Balaban J connectivity index is 2.28. The first-order chi connectivity index (χ1) is 8.70. The van der Waals surface area contributed by atoms with Crippen molar-refractivity contribution in [2.24, 2.45) is 0 Å². The van der Waals surface area contributed by atoms with Crippen molar-refractivity contribution in [3.05, 3.63) is 53.3 Å². The minimum atomic E-state index is 0.808. The van der Waals surface area contributed by atoms with Gasteiger partial charge in [-0.05, 0) is 50.2 Å². The molecular weight excluding hydrogens is 224 g/mol. The molecule has 0 fully saturated rings. The molecule has 1 heterocycles. The number of hydrogen-bond donors (Lipinski definition) is 1. The quantitative estimate of drug-likeness (QED) is 0.894. The number of nitrogens with zero attached hydrogens (tertiary/aromatic N) is 1. The summed E-state index contributed by atoms with van der Waals surface area (Å²) in [6.07, 6.45) is 1.77. The lowest BCUT2D eigenvalue weighted by Gasteiger charge is -2.11. The van der Waals surface area contributed by atoms with Crippen LogP contribution in [0.1, 0.15) is 16.8 Å². The van der Waals surface area contributed by atoms with E-state index in [1.165, 1.54) is 5.56 Å². The van der Waals surface area contributed by atoms with Gasteiger partial charge in [-0.15, -0.1) is 0 Å². The molecule has 1 aromatic heterocycles. The summed E-state index contributed by atoms with van der Waals surface area (Å²) in [5.74, 6) is 1.70. The summed E-state index contributed by atoms with van der Waals surface area (Å²) in [4.78, 5) is 4.23. The number of rotatable bonds is 4. The first kappa shape index (κ1) is 12.6. The Morgan fingerprint density at radius 3 is 2.72 bits per heavy atom. The van der Waals surface area contributed by atoms with Crippen molar-refractivity contribution < 1.29 is 4.74 Å². The predicted octanol–water partition coefficient (Wildman–Crippen LogP) is 3.21. The minimum Gasteiger partial charge on any atom is -0.455 e. The Morgan fingerprint density at radius 2 is 2.00 bits per heavy atom. The summed E-state index contributed by atoms with van der Waals surface area (Å²) >= 11 is 0. The summed E-state index contributed by atoms with van der Waals surface area (Å²) in [6, 6.07) is 10.1. The molecule has 2 aromatic rings. The third kappa shape index (κ3) is 2.87. The molecule has 0 spiro atoms. The Hall–Kier alpha value is -1.87. The van der Waals surface area contributed by atoms with E-state index in [0.29, 0.717) is 0 Å². The van der Waals surface area contributed by atoms with Crippen molar-refractivity contribution in [2.75, 3.05) is 7.05 Å². The van der Waals surface area contributed by atoms with E-state index >= 15 is 0 Å². The zero-order valence-electron chi connectivity index (χ0n) is 11.0. The molecule has 0 amide bonds. The molecule has 18 heavy (non-hydrogen) atoms. The SMILES string of the molecule is CNCc1ccc(C)c(Oc2cccnc2C)c1. The Labute approximate surface area is 108 Å². The van der Waals surface area contributed by atoms with Crippen molar-refractivity contribution in [3.63, 3.8) is 0 Å². The van der Waals surface area contributed by atoms with Gasteiger partial charge >= 0.3 is 0 Å². The van der Waals surface area contributed by atoms with E-state index in [1.807, 2.05) is 33.0 Å². The molecule has 0 aliphatic rings. The fourth-order valence-electron chi connectivity index (χ4n) is 1.76. The van der Waals surface area contributed by atoms with E-state index in [1.54, 1.807) is 6.20 Å². The summed E-state index contributed by atoms with van der Waals surface area (Å²) < 4.78 is 5.94. The fraction of sp³-hybridized carbons (Fsp3) is 0.267. The second-order valence-electron chi connectivity index (χ2n) is 4.32. The normalized spacial score (nSPS) is 10.4. The molecule has 0 radical (unpaired) electrons. The molecule has 1 aromatic carbocycles. The van der Waals surface area contributed by atoms with Crippen LogP contribution in [-0.4, -0.2) is 12.0 Å². The third-order valence-electron chi connectivity index (χ3n) is 2.81. The van der Waals surface area contributed by atoms with Gasteiger partial charge in [0.25, 0.3) is 0 Å². The van der Waals surface area contributed by atoms with Gasteiger partial charge in [-0.3, -0.25) is 4.98 Å². The van der Waals surface area contributed by atoms with E-state index < -0.39 is 0 Å². The van der Waals surface area contributed by atoms with Crippen molar-refractivity contribution in [3.8, 4) is 11.5 Å². The molecule has 0 aliphatic heterocycles. The molecule has 0 aliphatic carbocycles. The summed E-state index contributed by atoms with van der Waals surface area (Å²) in [5.41, 5.74) is 3.23. The lowest BCUT2D eigenvalue weighted by atomic mass is 10.1. The molecule has 0 bridgehead atoms. The van der Waals surface area contributed by atoms with Crippen LogP contribution in [0.4, 0.5) is 0 Å². The van der Waals surface area contributed by atoms with Crippen LogP contribution in [0.25, 0.3) is 0 Å². The zero-order chi connectivity index (χ0) is 13.0. The van der Waals surface area contributed by atoms with Crippen LogP contribution < -0.4 is 10.1 Å². The van der Waals surface area contributed by atoms with E-state index in [9.17, 15) is 0 Å². The number of aryl methyl sites for hydroxylation is 2. The van der Waals surface area contributed by atoms with Gasteiger partial charge in [-0.2, -0.15) is 0 Å². The highest BCUT2D eigenvalue weighted by Crippen LogP contribution is 2.27. The highest BCUT2D eigenvalue weighted by Gasteiger charge is 2.05. The Kier molecular flexibility index (Phi) is 3.95. The molecule has 0 atom stereocenters. The van der Waals surface area contributed by atoms with E-state index in [-0.39, 0.29) is 0 Å². The van der Waals surface area contributed by atoms with E-state index in [4.69, 9.17) is 4.74 Å². The third-order valence-corrected chi connectivity index (χ3v) is 2.81. The second-order valence-corrected chi connectivity index (χ2v) is 4.32. The number of aromatic nitrogens is 1. The number of nitrogens with one attached hydrogen (secondary N) is 1. The van der Waals surface area contributed by atoms with Gasteiger partial charge in [0, 0.05) is 12.7 Å². The van der Waals surface area contributed by atoms with Crippen LogP contribution in [0.3, 0.4) is 0 Å². The largest absolute Gasteiger partial charge is 0.455 e. The summed E-state index contributed by atoms with van der Waals surface area (Å²) in [6.45, 7) is 4.83. The fourth-order valence-corrected chi connectivity index (χ4v) is 1.76. The van der Waals surface area contributed by atoms with Crippen molar-refractivity contribution in [1.82, 2.24) is 10.3 Å². The standard InChI is InChI=1S/C15H18N2O/c1-11-6-7-13(10-16-3)9-15(11)18-14-5-4-8-17-12(14)2/h4-9,16H,10H2,1-3H3. The summed E-state index contributed by atoms with van der Waals surface area (Å²) in [7, 11) is 1.94. The Morgan fingerprint density at radius 1 is 1.17 bits per heavy atom. The van der Waals surface area contributed by atoms with Gasteiger partial charge in [-0.1, -0.05) is 12.1 Å². The highest BCUT2D eigenvalue weighted by molar-refractivity contribution is 5.40. The van der Waals surface area contributed by atoms with Crippen LogP contribution in [-0.2, 0) is 6.54 Å². The molecular formula is C15H18N2O. The first-order valence-corrected chi connectivity index (χ1v) is 6.04. The van der Waals surface area contributed by atoms with Crippen LogP contribution in [0.15, 0.2) is 36.5 Å². The van der Waals surface area contributed by atoms with Gasteiger partial charge < -0.3 is 10.1 Å². The van der Waals surface area contributed by atoms with Crippen molar-refractivity contribution in [1.29, 1.82) is 0 Å². The topological polar surface area (TPSA) is 34.1 Å². The van der Waals surface area contributed by atoms with Gasteiger partial charge in [0.2, 0.25) is 0 Å². The summed E-state index contributed by atoms with van der Waals surface area (Å²) in [5, 5.41) is 3.14. The predicted molar refractivity (Wildman–Crippen MR) is 73.0 cm³/mol.